The van der Waals surface area contributed by atoms with Gasteiger partial charge in [0.1, 0.15) is 5.67 Å². The van der Waals surface area contributed by atoms with Crippen LogP contribution in [0.15, 0.2) is 24.4 Å². The number of carboxylic acids is 1. The van der Waals surface area contributed by atoms with Gasteiger partial charge < -0.3 is 10.0 Å². The number of nitrogens with zero attached hydrogens (tertiary/aromatic N) is 3. The van der Waals surface area contributed by atoms with Crippen molar-refractivity contribution in [2.75, 3.05) is 13.1 Å². The SMILES string of the molecule is CC(C)(F)CN(CC(=O)c1c(Cl)cccc1Cl)C(=O)c1cnn([C@H]2CC[C@](C)(C(=O)O)CC2)c1C(F)(F)F. The van der Waals surface area contributed by atoms with Gasteiger partial charge in [0.05, 0.1) is 51.9 Å². The van der Waals surface area contributed by atoms with Crippen molar-refractivity contribution in [3.63, 3.8) is 0 Å². The van der Waals surface area contributed by atoms with Crippen LogP contribution in [0.25, 0.3) is 0 Å². The van der Waals surface area contributed by atoms with Gasteiger partial charge in [-0.05, 0) is 58.6 Å². The average molecular weight is 580 g/mol. The summed E-state index contributed by atoms with van der Waals surface area (Å²) in [7, 11) is 0. The van der Waals surface area contributed by atoms with Crippen LogP contribution in [-0.2, 0) is 11.0 Å². The number of alkyl halides is 4. The Morgan fingerprint density at radius 1 is 1.13 bits per heavy atom. The van der Waals surface area contributed by atoms with Crippen LogP contribution in [0.4, 0.5) is 17.6 Å². The van der Waals surface area contributed by atoms with Crippen LogP contribution in [0.5, 0.6) is 0 Å². The molecule has 7 nitrogen and oxygen atoms in total. The Balaban J connectivity index is 1.98. The summed E-state index contributed by atoms with van der Waals surface area (Å²) in [5.41, 5.74) is -5.44. The van der Waals surface area contributed by atoms with Crippen molar-refractivity contribution in [2.45, 2.75) is 64.3 Å². The second-order valence-electron chi connectivity index (χ2n) is 10.3. The second-order valence-corrected chi connectivity index (χ2v) is 11.2. The molecule has 0 saturated heterocycles. The fourth-order valence-corrected chi connectivity index (χ4v) is 5.22. The highest BCUT2D eigenvalue weighted by molar-refractivity contribution is 6.40. The smallest absolute Gasteiger partial charge is 0.433 e. The van der Waals surface area contributed by atoms with Gasteiger partial charge in [0, 0.05) is 0 Å². The molecule has 0 radical (unpaired) electrons. The highest BCUT2D eigenvalue weighted by Crippen LogP contribution is 2.43. The fraction of sp³-hybridized carbons (Fsp3) is 0.520. The maximum Gasteiger partial charge on any atom is 0.433 e. The summed E-state index contributed by atoms with van der Waals surface area (Å²) in [6.45, 7) is 2.31. The first-order chi connectivity index (χ1) is 17.4. The molecule has 208 valence electrons. The molecule has 1 aliphatic carbocycles. The molecule has 1 saturated carbocycles. The maximum atomic E-state index is 14.6. The Morgan fingerprint density at radius 3 is 2.16 bits per heavy atom. The molecule has 0 aliphatic heterocycles. The van der Waals surface area contributed by atoms with Gasteiger partial charge in [-0.15, -0.1) is 0 Å². The quantitative estimate of drug-likeness (QED) is 0.285. The molecule has 1 aliphatic rings. The Labute approximate surface area is 226 Å². The lowest BCUT2D eigenvalue weighted by molar-refractivity contribution is -0.152. The number of ketones is 1. The van der Waals surface area contributed by atoms with Crippen molar-refractivity contribution in [3.8, 4) is 0 Å². The third kappa shape index (κ3) is 6.48. The zero-order valence-electron chi connectivity index (χ0n) is 20.9. The molecule has 0 bridgehead atoms. The molecule has 1 N–H and O–H groups in total. The number of rotatable bonds is 8. The Kier molecular flexibility index (Phi) is 8.53. The van der Waals surface area contributed by atoms with Gasteiger partial charge in [-0.2, -0.15) is 18.3 Å². The number of halogens is 6. The van der Waals surface area contributed by atoms with Gasteiger partial charge in [-0.3, -0.25) is 19.1 Å². The lowest BCUT2D eigenvalue weighted by atomic mass is 9.74. The van der Waals surface area contributed by atoms with Gasteiger partial charge in [0.15, 0.2) is 11.5 Å². The van der Waals surface area contributed by atoms with E-state index in [-0.39, 0.29) is 41.3 Å². The van der Waals surface area contributed by atoms with Crippen molar-refractivity contribution < 1.29 is 37.1 Å². The minimum absolute atomic E-state index is 0.0242. The summed E-state index contributed by atoms with van der Waals surface area (Å²) in [4.78, 5) is 38.6. The first kappa shape index (κ1) is 29.9. The number of Topliss-reactive ketones (excluding diaryl/α,β-unsaturated/α-hetero) is 1. The molecule has 0 spiro atoms. The molecule has 1 aromatic carbocycles. The van der Waals surface area contributed by atoms with Gasteiger partial charge in [-0.1, -0.05) is 29.3 Å². The van der Waals surface area contributed by atoms with Gasteiger partial charge in [0.2, 0.25) is 0 Å². The van der Waals surface area contributed by atoms with E-state index in [0.717, 1.165) is 20.0 Å². The Bertz CT molecular complexity index is 1210. The number of carbonyl (C=O) groups excluding carboxylic acids is 2. The second kappa shape index (κ2) is 10.8. The number of amides is 1. The number of aromatic nitrogens is 2. The van der Waals surface area contributed by atoms with Crippen LogP contribution in [0, 0.1) is 5.41 Å². The topological polar surface area (TPSA) is 92.5 Å². The maximum absolute atomic E-state index is 14.6. The summed E-state index contributed by atoms with van der Waals surface area (Å²) in [5.74, 6) is -3.05. The third-order valence-electron chi connectivity index (χ3n) is 6.65. The van der Waals surface area contributed by atoms with Crippen LogP contribution in [0.3, 0.4) is 0 Å². The van der Waals surface area contributed by atoms with Crippen LogP contribution >= 0.6 is 23.2 Å². The van der Waals surface area contributed by atoms with E-state index in [1.54, 1.807) is 0 Å². The molecule has 1 amide bonds. The summed E-state index contributed by atoms with van der Waals surface area (Å²) in [6.07, 6.45) is -3.80. The van der Waals surface area contributed by atoms with Crippen molar-refractivity contribution >= 4 is 40.9 Å². The van der Waals surface area contributed by atoms with E-state index in [4.69, 9.17) is 23.2 Å². The Morgan fingerprint density at radius 2 is 1.68 bits per heavy atom. The van der Waals surface area contributed by atoms with Crippen molar-refractivity contribution in [3.05, 3.63) is 51.3 Å². The van der Waals surface area contributed by atoms with E-state index in [2.05, 4.69) is 5.10 Å². The summed E-state index contributed by atoms with van der Waals surface area (Å²) in [6, 6.07) is 3.47. The number of hydrogen-bond acceptors (Lipinski definition) is 4. The van der Waals surface area contributed by atoms with E-state index >= 15 is 0 Å². The standard InChI is InChI=1S/C25H27Cl2F4N3O4/c1-23(2,28)13-33(12-18(35)19-16(26)5-4-6-17(19)27)21(36)15-11-32-34(20(15)25(29,30)31)14-7-9-24(3,10-8-14)22(37)38/h4-6,11,14H,7-10,12-13H2,1-3H3,(H,37,38)/t14-,24-. The normalized spacial score (nSPS) is 20.3. The summed E-state index contributed by atoms with van der Waals surface area (Å²) < 4.78 is 58.2. The predicted molar refractivity (Wildman–Crippen MR) is 132 cm³/mol. The molecule has 1 fully saturated rings. The first-order valence-corrected chi connectivity index (χ1v) is 12.5. The van der Waals surface area contributed by atoms with E-state index in [1.807, 2.05) is 0 Å². The fourth-order valence-electron chi connectivity index (χ4n) is 4.62. The molecule has 13 heteroatoms. The molecule has 1 aromatic heterocycles. The van der Waals surface area contributed by atoms with Crippen LogP contribution in [0.1, 0.15) is 78.9 Å². The molecule has 0 atom stereocenters. The van der Waals surface area contributed by atoms with E-state index in [9.17, 15) is 37.1 Å². The van der Waals surface area contributed by atoms with Crippen molar-refractivity contribution in [1.29, 1.82) is 0 Å². The molecule has 38 heavy (non-hydrogen) atoms. The van der Waals surface area contributed by atoms with Gasteiger partial charge in [0.25, 0.3) is 5.91 Å². The van der Waals surface area contributed by atoms with Crippen molar-refractivity contribution in [1.82, 2.24) is 14.7 Å². The Hall–Kier alpha value is -2.66. The minimum atomic E-state index is -5.01. The van der Waals surface area contributed by atoms with Crippen LogP contribution < -0.4 is 0 Å². The lowest BCUT2D eigenvalue weighted by Crippen LogP contribution is -2.43. The van der Waals surface area contributed by atoms with Crippen LogP contribution in [0.2, 0.25) is 10.0 Å². The number of carbonyl (C=O) groups is 3. The molecular weight excluding hydrogens is 553 g/mol. The molecule has 3 rings (SSSR count). The monoisotopic (exact) mass is 579 g/mol. The van der Waals surface area contributed by atoms with E-state index in [1.165, 1.54) is 25.1 Å². The zero-order valence-corrected chi connectivity index (χ0v) is 22.4. The van der Waals surface area contributed by atoms with E-state index < -0.39 is 65.3 Å². The molecule has 2 aromatic rings. The number of aliphatic carboxylic acids is 1. The van der Waals surface area contributed by atoms with Crippen LogP contribution in [-0.4, -0.2) is 56.2 Å². The lowest BCUT2D eigenvalue weighted by Gasteiger charge is -2.34. The highest BCUT2D eigenvalue weighted by Gasteiger charge is 2.45. The molecule has 1 heterocycles. The number of hydrogen-bond donors (Lipinski definition) is 1. The zero-order chi connectivity index (χ0) is 28.6. The minimum Gasteiger partial charge on any atom is -0.481 e. The number of carboxylic acid groups (broad SMARTS) is 1. The molecule has 0 unspecified atom stereocenters. The molecular formula is C25H27Cl2F4N3O4. The highest BCUT2D eigenvalue weighted by atomic mass is 35.5. The van der Waals surface area contributed by atoms with Gasteiger partial charge in [-0.25, -0.2) is 4.39 Å². The van der Waals surface area contributed by atoms with Gasteiger partial charge >= 0.3 is 12.1 Å². The predicted octanol–water partition coefficient (Wildman–Crippen LogP) is 6.49. The number of benzene rings is 1. The first-order valence-electron chi connectivity index (χ1n) is 11.8. The van der Waals surface area contributed by atoms with Crippen molar-refractivity contribution in [2.24, 2.45) is 5.41 Å². The average Bonchev–Trinajstić information content (AvgIpc) is 3.23. The summed E-state index contributed by atoms with van der Waals surface area (Å²) >= 11 is 12.1. The largest absolute Gasteiger partial charge is 0.481 e. The summed E-state index contributed by atoms with van der Waals surface area (Å²) in [5, 5.41) is 13.2. The van der Waals surface area contributed by atoms with E-state index in [0.29, 0.717) is 9.58 Å². The third-order valence-corrected chi connectivity index (χ3v) is 7.28.